The zero-order chi connectivity index (χ0) is 21.5. The highest BCUT2D eigenvalue weighted by Crippen LogP contribution is 2.39. The lowest BCUT2D eigenvalue weighted by Crippen LogP contribution is -2.37. The monoisotopic (exact) mass is 428 g/mol. The van der Waals surface area contributed by atoms with Crippen LogP contribution >= 0.6 is 11.6 Å². The molecule has 31 heavy (non-hydrogen) atoms. The second-order valence-electron chi connectivity index (χ2n) is 7.90. The van der Waals surface area contributed by atoms with Crippen molar-refractivity contribution in [3.05, 3.63) is 100 Å². The largest absolute Gasteiger partial charge is 0.336 e. The molecule has 0 atom stereocenters. The molecule has 2 heterocycles. The first-order chi connectivity index (χ1) is 15.0. The summed E-state index contributed by atoms with van der Waals surface area (Å²) in [6, 6.07) is 22.6. The summed E-state index contributed by atoms with van der Waals surface area (Å²) < 4.78 is 0. The number of carbonyl (C=O) groups is 2. The van der Waals surface area contributed by atoms with Gasteiger partial charge in [-0.1, -0.05) is 59.6 Å². The van der Waals surface area contributed by atoms with Crippen LogP contribution in [0.4, 0.5) is 11.4 Å². The maximum absolute atomic E-state index is 13.7. The van der Waals surface area contributed by atoms with Gasteiger partial charge in [0.15, 0.2) is 0 Å². The molecule has 3 aromatic carbocycles. The van der Waals surface area contributed by atoms with E-state index in [1.807, 2.05) is 54.3 Å². The number of aryl methyl sites for hydroxylation is 2. The molecule has 0 bridgehead atoms. The predicted octanol–water partition coefficient (Wildman–Crippen LogP) is 5.39. The fourth-order valence-corrected chi connectivity index (χ4v) is 4.47. The van der Waals surface area contributed by atoms with Crippen LogP contribution in [0.5, 0.6) is 0 Å². The Balaban J connectivity index is 1.69. The third-order valence-corrected chi connectivity index (χ3v) is 6.12. The van der Waals surface area contributed by atoms with E-state index in [-0.39, 0.29) is 11.8 Å². The molecule has 2 amide bonds. The van der Waals surface area contributed by atoms with Crippen molar-refractivity contribution < 1.29 is 9.59 Å². The van der Waals surface area contributed by atoms with E-state index in [0.717, 1.165) is 24.1 Å². The fraction of sp³-hybridized carbons (Fsp3) is 0.154. The smallest absolute Gasteiger partial charge is 0.282 e. The van der Waals surface area contributed by atoms with E-state index in [9.17, 15) is 9.59 Å². The molecular weight excluding hydrogens is 408 g/mol. The fourth-order valence-electron chi connectivity index (χ4n) is 4.34. The molecule has 3 aromatic rings. The Morgan fingerprint density at radius 1 is 0.839 bits per heavy atom. The van der Waals surface area contributed by atoms with Crippen molar-refractivity contribution >= 4 is 40.4 Å². The Bertz CT molecular complexity index is 1210. The van der Waals surface area contributed by atoms with Gasteiger partial charge in [0.2, 0.25) is 0 Å². The van der Waals surface area contributed by atoms with Gasteiger partial charge in [0, 0.05) is 17.3 Å². The van der Waals surface area contributed by atoms with Crippen LogP contribution in [0.1, 0.15) is 23.1 Å². The Labute approximate surface area is 186 Å². The number of imide groups is 1. The van der Waals surface area contributed by atoms with Crippen LogP contribution in [-0.2, 0) is 16.0 Å². The number of para-hydroxylation sites is 1. The van der Waals surface area contributed by atoms with Crippen LogP contribution in [0.3, 0.4) is 0 Å². The van der Waals surface area contributed by atoms with Gasteiger partial charge in [-0.25, -0.2) is 4.90 Å². The Kier molecular flexibility index (Phi) is 4.87. The summed E-state index contributed by atoms with van der Waals surface area (Å²) in [5, 5.41) is 0.585. The highest BCUT2D eigenvalue weighted by molar-refractivity contribution is 6.46. The standard InChI is InChI=1S/C26H21ClN2O2/c1-17-8-14-21(15-9-17)29-25(30)23(19-10-12-20(27)13-11-19)24(26(29)31)28-16-4-6-18-5-2-3-7-22(18)28/h2-3,5,7-15H,4,6,16H2,1H3. The average Bonchev–Trinajstić information content (AvgIpc) is 3.04. The molecule has 0 unspecified atom stereocenters. The third-order valence-electron chi connectivity index (χ3n) is 5.86. The van der Waals surface area contributed by atoms with Gasteiger partial charge < -0.3 is 4.90 Å². The van der Waals surface area contributed by atoms with Crippen LogP contribution in [-0.4, -0.2) is 18.4 Å². The second-order valence-corrected chi connectivity index (χ2v) is 8.33. The van der Waals surface area contributed by atoms with Crippen LogP contribution < -0.4 is 9.80 Å². The van der Waals surface area contributed by atoms with E-state index >= 15 is 0 Å². The van der Waals surface area contributed by atoms with Crippen molar-refractivity contribution in [1.82, 2.24) is 0 Å². The molecule has 0 saturated heterocycles. The molecule has 154 valence electrons. The summed E-state index contributed by atoms with van der Waals surface area (Å²) >= 11 is 6.09. The van der Waals surface area contributed by atoms with E-state index in [0.29, 0.717) is 34.1 Å². The van der Waals surface area contributed by atoms with Crippen LogP contribution in [0.25, 0.3) is 5.57 Å². The highest BCUT2D eigenvalue weighted by atomic mass is 35.5. The summed E-state index contributed by atoms with van der Waals surface area (Å²) in [5.74, 6) is -0.607. The van der Waals surface area contributed by atoms with E-state index < -0.39 is 0 Å². The first-order valence-electron chi connectivity index (χ1n) is 10.4. The topological polar surface area (TPSA) is 40.6 Å². The summed E-state index contributed by atoms with van der Waals surface area (Å²) in [4.78, 5) is 30.7. The van der Waals surface area contributed by atoms with Gasteiger partial charge in [-0.15, -0.1) is 0 Å². The molecule has 2 aliphatic heterocycles. The van der Waals surface area contributed by atoms with E-state index in [1.165, 1.54) is 10.5 Å². The molecule has 0 fully saturated rings. The summed E-state index contributed by atoms with van der Waals surface area (Å²) in [6.07, 6.45) is 1.88. The average molecular weight is 429 g/mol. The summed E-state index contributed by atoms with van der Waals surface area (Å²) in [7, 11) is 0. The maximum atomic E-state index is 13.7. The first-order valence-corrected chi connectivity index (χ1v) is 10.7. The molecular formula is C26H21ClN2O2. The number of anilines is 2. The van der Waals surface area contributed by atoms with Gasteiger partial charge in [0.25, 0.3) is 11.8 Å². The van der Waals surface area contributed by atoms with Crippen molar-refractivity contribution in [1.29, 1.82) is 0 Å². The minimum atomic E-state index is -0.311. The van der Waals surface area contributed by atoms with Gasteiger partial charge in [0.1, 0.15) is 5.70 Å². The normalized spacial score (nSPS) is 16.2. The zero-order valence-electron chi connectivity index (χ0n) is 17.1. The minimum Gasteiger partial charge on any atom is -0.336 e. The number of rotatable bonds is 3. The molecule has 0 spiro atoms. The molecule has 2 aliphatic rings. The second kappa shape index (κ2) is 7.71. The number of benzene rings is 3. The summed E-state index contributed by atoms with van der Waals surface area (Å²) in [5.41, 5.74) is 5.36. The Morgan fingerprint density at radius 3 is 2.29 bits per heavy atom. The lowest BCUT2D eigenvalue weighted by atomic mass is 9.98. The van der Waals surface area contributed by atoms with Gasteiger partial charge in [-0.05, 0) is 61.2 Å². The van der Waals surface area contributed by atoms with Gasteiger partial charge in [-0.2, -0.15) is 0 Å². The SMILES string of the molecule is Cc1ccc(N2C(=O)C(c3ccc(Cl)cc3)=C(N3CCCc4ccccc43)C2=O)cc1. The van der Waals surface area contributed by atoms with Crippen molar-refractivity contribution in [3.63, 3.8) is 0 Å². The molecule has 0 aromatic heterocycles. The number of nitrogens with zero attached hydrogens (tertiary/aromatic N) is 2. The molecule has 0 saturated carbocycles. The van der Waals surface area contributed by atoms with E-state index in [1.54, 1.807) is 24.3 Å². The third kappa shape index (κ3) is 3.33. The summed E-state index contributed by atoms with van der Waals surface area (Å²) in [6.45, 7) is 2.66. The molecule has 5 rings (SSSR count). The van der Waals surface area contributed by atoms with Gasteiger partial charge in [-0.3, -0.25) is 9.59 Å². The number of amides is 2. The van der Waals surface area contributed by atoms with Crippen LogP contribution in [0, 0.1) is 6.92 Å². The number of hydrogen-bond donors (Lipinski definition) is 0. The minimum absolute atomic E-state index is 0.296. The van der Waals surface area contributed by atoms with Crippen molar-refractivity contribution in [2.45, 2.75) is 19.8 Å². The quantitative estimate of drug-likeness (QED) is 0.525. The van der Waals surface area contributed by atoms with Gasteiger partial charge >= 0.3 is 0 Å². The molecule has 4 nitrogen and oxygen atoms in total. The predicted molar refractivity (Wildman–Crippen MR) is 124 cm³/mol. The van der Waals surface area contributed by atoms with E-state index in [4.69, 9.17) is 11.6 Å². The van der Waals surface area contributed by atoms with Crippen molar-refractivity contribution in [3.8, 4) is 0 Å². The Hall–Kier alpha value is -3.37. The molecule has 5 heteroatoms. The highest BCUT2D eigenvalue weighted by Gasteiger charge is 2.43. The zero-order valence-corrected chi connectivity index (χ0v) is 17.9. The number of hydrogen-bond acceptors (Lipinski definition) is 3. The first kappa shape index (κ1) is 19.6. The number of fused-ring (bicyclic) bond motifs is 1. The molecule has 0 N–H and O–H groups in total. The lowest BCUT2D eigenvalue weighted by molar-refractivity contribution is -0.120. The lowest BCUT2D eigenvalue weighted by Gasteiger charge is -2.32. The maximum Gasteiger partial charge on any atom is 0.282 e. The molecule has 0 radical (unpaired) electrons. The van der Waals surface area contributed by atoms with Crippen molar-refractivity contribution in [2.24, 2.45) is 0 Å². The number of carbonyl (C=O) groups excluding carboxylic acids is 2. The number of halogens is 1. The molecule has 0 aliphatic carbocycles. The Morgan fingerprint density at radius 2 is 1.55 bits per heavy atom. The van der Waals surface area contributed by atoms with Crippen molar-refractivity contribution in [2.75, 3.05) is 16.3 Å². The van der Waals surface area contributed by atoms with Gasteiger partial charge in [0.05, 0.1) is 11.3 Å². The van der Waals surface area contributed by atoms with Crippen LogP contribution in [0.2, 0.25) is 5.02 Å². The van der Waals surface area contributed by atoms with E-state index in [2.05, 4.69) is 6.07 Å². The van der Waals surface area contributed by atoms with Crippen LogP contribution in [0.15, 0.2) is 78.5 Å².